The number of halogens is 2. The Hall–Kier alpha value is -2.74. The van der Waals surface area contributed by atoms with Gasteiger partial charge in [0.1, 0.15) is 0 Å². The third-order valence-electron chi connectivity index (χ3n) is 7.22. The van der Waals surface area contributed by atoms with Gasteiger partial charge in [-0.05, 0) is 96.4 Å². The van der Waals surface area contributed by atoms with Crippen molar-refractivity contribution in [2.24, 2.45) is 0 Å². The molecule has 4 rings (SSSR count). The number of ether oxygens (including phenoxy) is 2. The van der Waals surface area contributed by atoms with Gasteiger partial charge in [-0.2, -0.15) is 0 Å². The maximum Gasteiger partial charge on any atom is 0.348 e. The van der Waals surface area contributed by atoms with Gasteiger partial charge in [-0.3, -0.25) is 4.90 Å². The summed E-state index contributed by atoms with van der Waals surface area (Å²) in [6, 6.07) is 21.0. The standard InChI is InChI=1S/C32H38BrFN2O3/c1-32(34,28-14-12-26(13-15-28)25-10-4-2-5-11-25)31(37)39-19-9-3-8-18-38-23-24-20-27(30(35)29(33)21-24)22-36-16-6-7-17-36/h2,4-5,10-15,20-21H,3,6-9,16-19,22-23,35H2,1H3. The van der Waals surface area contributed by atoms with E-state index in [2.05, 4.69) is 26.9 Å². The molecule has 2 N–H and O–H groups in total. The lowest BCUT2D eigenvalue weighted by molar-refractivity contribution is -0.157. The molecule has 208 valence electrons. The van der Waals surface area contributed by atoms with Crippen molar-refractivity contribution in [1.29, 1.82) is 0 Å². The number of hydrogen-bond acceptors (Lipinski definition) is 5. The average Bonchev–Trinajstić information content (AvgIpc) is 3.46. The number of likely N-dealkylation sites (tertiary alicyclic amines) is 1. The van der Waals surface area contributed by atoms with E-state index in [1.165, 1.54) is 19.8 Å². The number of nitrogens with zero attached hydrogens (tertiary/aromatic N) is 1. The lowest BCUT2D eigenvalue weighted by atomic mass is 9.95. The summed E-state index contributed by atoms with van der Waals surface area (Å²) in [7, 11) is 0. The number of rotatable bonds is 13. The van der Waals surface area contributed by atoms with Crippen LogP contribution in [0.2, 0.25) is 0 Å². The van der Waals surface area contributed by atoms with Gasteiger partial charge in [0.2, 0.25) is 5.67 Å². The molecule has 1 unspecified atom stereocenters. The molecule has 0 radical (unpaired) electrons. The summed E-state index contributed by atoms with van der Waals surface area (Å²) in [6.07, 6.45) is 4.82. The molecule has 39 heavy (non-hydrogen) atoms. The molecule has 1 saturated heterocycles. The molecule has 5 nitrogen and oxygen atoms in total. The van der Waals surface area contributed by atoms with Gasteiger partial charge in [-0.1, -0.05) is 60.7 Å². The van der Waals surface area contributed by atoms with E-state index in [1.54, 1.807) is 12.1 Å². The number of carbonyl (C=O) groups is 1. The van der Waals surface area contributed by atoms with Crippen LogP contribution in [0, 0.1) is 0 Å². The predicted octanol–water partition coefficient (Wildman–Crippen LogP) is 7.41. The van der Waals surface area contributed by atoms with E-state index in [1.807, 2.05) is 48.5 Å². The molecule has 3 aromatic rings. The highest BCUT2D eigenvalue weighted by molar-refractivity contribution is 9.10. The smallest absolute Gasteiger partial charge is 0.348 e. The Morgan fingerprint density at radius 3 is 2.36 bits per heavy atom. The molecule has 1 aliphatic heterocycles. The summed E-state index contributed by atoms with van der Waals surface area (Å²) in [4.78, 5) is 14.9. The van der Waals surface area contributed by atoms with Crippen LogP contribution in [0.5, 0.6) is 0 Å². The Morgan fingerprint density at radius 2 is 1.64 bits per heavy atom. The molecule has 0 saturated carbocycles. The van der Waals surface area contributed by atoms with E-state index in [-0.39, 0.29) is 6.61 Å². The van der Waals surface area contributed by atoms with Crippen molar-refractivity contribution < 1.29 is 18.7 Å². The van der Waals surface area contributed by atoms with Crippen LogP contribution in [-0.2, 0) is 33.1 Å². The van der Waals surface area contributed by atoms with Crippen molar-refractivity contribution in [2.75, 3.05) is 32.0 Å². The van der Waals surface area contributed by atoms with E-state index in [4.69, 9.17) is 15.2 Å². The van der Waals surface area contributed by atoms with Gasteiger partial charge in [0.25, 0.3) is 0 Å². The zero-order valence-corrected chi connectivity index (χ0v) is 24.2. The third-order valence-corrected chi connectivity index (χ3v) is 7.88. The molecule has 1 atom stereocenters. The molecule has 0 spiro atoms. The predicted molar refractivity (Wildman–Crippen MR) is 158 cm³/mol. The second-order valence-corrected chi connectivity index (χ2v) is 11.2. The Labute approximate surface area is 239 Å². The zero-order chi connectivity index (χ0) is 27.7. The van der Waals surface area contributed by atoms with Crippen LogP contribution in [0.3, 0.4) is 0 Å². The fraction of sp³-hybridized carbons (Fsp3) is 0.406. The van der Waals surface area contributed by atoms with Gasteiger partial charge < -0.3 is 15.2 Å². The van der Waals surface area contributed by atoms with Gasteiger partial charge in [0.15, 0.2) is 0 Å². The van der Waals surface area contributed by atoms with E-state index < -0.39 is 11.6 Å². The summed E-state index contributed by atoms with van der Waals surface area (Å²) >= 11 is 3.58. The van der Waals surface area contributed by atoms with Gasteiger partial charge in [-0.15, -0.1) is 0 Å². The highest BCUT2D eigenvalue weighted by Gasteiger charge is 2.36. The number of unbranched alkanes of at least 4 members (excludes halogenated alkanes) is 2. The van der Waals surface area contributed by atoms with Gasteiger partial charge in [0, 0.05) is 23.2 Å². The Kier molecular flexibility index (Phi) is 10.5. The second-order valence-electron chi connectivity index (χ2n) is 10.3. The topological polar surface area (TPSA) is 64.8 Å². The van der Waals surface area contributed by atoms with Crippen LogP contribution >= 0.6 is 15.9 Å². The van der Waals surface area contributed by atoms with Crippen molar-refractivity contribution in [3.63, 3.8) is 0 Å². The first-order valence-electron chi connectivity index (χ1n) is 13.7. The monoisotopic (exact) mass is 596 g/mol. The number of esters is 1. The van der Waals surface area contributed by atoms with Crippen molar-refractivity contribution in [3.8, 4) is 11.1 Å². The van der Waals surface area contributed by atoms with Crippen molar-refractivity contribution in [3.05, 3.63) is 87.9 Å². The highest BCUT2D eigenvalue weighted by Crippen LogP contribution is 2.30. The normalized spacial score (nSPS) is 15.3. The SMILES string of the molecule is CC(F)(C(=O)OCCCCCOCc1cc(Br)c(N)c(CN2CCCC2)c1)c1ccc(-c2ccccc2)cc1. The minimum absolute atomic E-state index is 0.186. The zero-order valence-electron chi connectivity index (χ0n) is 22.6. The van der Waals surface area contributed by atoms with E-state index in [0.717, 1.165) is 64.9 Å². The Morgan fingerprint density at radius 1 is 0.974 bits per heavy atom. The number of carbonyl (C=O) groups excluding carboxylic acids is 1. The second kappa shape index (κ2) is 14.1. The third kappa shape index (κ3) is 8.13. The lowest BCUT2D eigenvalue weighted by Crippen LogP contribution is -2.30. The molecule has 0 amide bonds. The van der Waals surface area contributed by atoms with Crippen molar-refractivity contribution in [1.82, 2.24) is 4.90 Å². The van der Waals surface area contributed by atoms with Crippen LogP contribution < -0.4 is 5.73 Å². The van der Waals surface area contributed by atoms with Gasteiger partial charge in [-0.25, -0.2) is 9.18 Å². The average molecular weight is 598 g/mol. The number of benzene rings is 3. The molecule has 0 aliphatic carbocycles. The molecular weight excluding hydrogens is 559 g/mol. The fourth-order valence-electron chi connectivity index (χ4n) is 4.83. The molecule has 0 aromatic heterocycles. The Bertz CT molecular complexity index is 1210. The largest absolute Gasteiger partial charge is 0.463 e. The van der Waals surface area contributed by atoms with Crippen LogP contribution in [0.4, 0.5) is 10.1 Å². The molecule has 1 aliphatic rings. The first-order chi connectivity index (χ1) is 18.8. The quantitative estimate of drug-likeness (QED) is 0.126. The minimum atomic E-state index is -2.20. The summed E-state index contributed by atoms with van der Waals surface area (Å²) in [5.41, 5.74) is 9.43. The van der Waals surface area contributed by atoms with Crippen LogP contribution in [0.15, 0.2) is 71.2 Å². The number of hydrogen-bond donors (Lipinski definition) is 1. The van der Waals surface area contributed by atoms with Crippen LogP contribution in [-0.4, -0.2) is 37.2 Å². The summed E-state index contributed by atoms with van der Waals surface area (Å²) in [5.74, 6) is -0.857. The summed E-state index contributed by atoms with van der Waals surface area (Å²) in [6.45, 7) is 5.68. The van der Waals surface area contributed by atoms with E-state index in [0.29, 0.717) is 25.2 Å². The summed E-state index contributed by atoms with van der Waals surface area (Å²) < 4.78 is 27.3. The van der Waals surface area contributed by atoms with Crippen molar-refractivity contribution in [2.45, 2.75) is 57.8 Å². The van der Waals surface area contributed by atoms with Crippen LogP contribution in [0.25, 0.3) is 11.1 Å². The van der Waals surface area contributed by atoms with Crippen LogP contribution in [0.1, 0.15) is 55.7 Å². The summed E-state index contributed by atoms with van der Waals surface area (Å²) in [5, 5.41) is 0. The van der Waals surface area contributed by atoms with E-state index in [9.17, 15) is 4.79 Å². The lowest BCUT2D eigenvalue weighted by Gasteiger charge is -2.19. The number of nitrogen functional groups attached to an aromatic ring is 1. The number of anilines is 1. The maximum absolute atomic E-state index is 15.3. The Balaban J connectivity index is 1.14. The molecule has 1 heterocycles. The molecule has 3 aromatic carbocycles. The van der Waals surface area contributed by atoms with Crippen molar-refractivity contribution >= 4 is 27.6 Å². The van der Waals surface area contributed by atoms with E-state index >= 15 is 4.39 Å². The highest BCUT2D eigenvalue weighted by atomic mass is 79.9. The minimum Gasteiger partial charge on any atom is -0.463 e. The number of nitrogens with two attached hydrogens (primary N) is 1. The number of alkyl halides is 1. The maximum atomic E-state index is 15.3. The fourth-order valence-corrected chi connectivity index (χ4v) is 5.38. The van der Waals surface area contributed by atoms with Gasteiger partial charge >= 0.3 is 5.97 Å². The molecule has 1 fully saturated rings. The molecule has 7 heteroatoms. The molecular formula is C32H38BrFN2O3. The van der Waals surface area contributed by atoms with Gasteiger partial charge in [0.05, 0.1) is 18.9 Å². The first kappa shape index (κ1) is 29.2. The first-order valence-corrected chi connectivity index (χ1v) is 14.5. The molecule has 0 bridgehead atoms.